The SMILES string of the molecule is CCOCCN1CCN(CC(=O)Nc2cc(C)no2)C[C@H]1CC. The molecule has 1 aliphatic heterocycles. The number of hydrogen-bond donors (Lipinski definition) is 1. The van der Waals surface area contributed by atoms with E-state index in [1.54, 1.807) is 6.07 Å². The van der Waals surface area contributed by atoms with Gasteiger partial charge in [0.05, 0.1) is 18.8 Å². The van der Waals surface area contributed by atoms with Crippen LogP contribution in [-0.2, 0) is 9.53 Å². The Bertz CT molecular complexity index is 491. The molecule has 2 rings (SSSR count). The molecule has 0 aliphatic carbocycles. The van der Waals surface area contributed by atoms with E-state index in [0.29, 0.717) is 18.5 Å². The lowest BCUT2D eigenvalue weighted by molar-refractivity contribution is -0.118. The van der Waals surface area contributed by atoms with Gasteiger partial charge in [-0.3, -0.25) is 19.9 Å². The summed E-state index contributed by atoms with van der Waals surface area (Å²) in [4.78, 5) is 16.8. The molecule has 23 heavy (non-hydrogen) atoms. The van der Waals surface area contributed by atoms with Crippen molar-refractivity contribution in [2.24, 2.45) is 0 Å². The first kappa shape index (κ1) is 17.9. The number of piperazine rings is 1. The van der Waals surface area contributed by atoms with E-state index in [-0.39, 0.29) is 5.91 Å². The van der Waals surface area contributed by atoms with Gasteiger partial charge in [0.15, 0.2) is 0 Å². The Labute approximate surface area is 137 Å². The molecular formula is C16H28N4O3. The Morgan fingerprint density at radius 3 is 2.96 bits per heavy atom. The summed E-state index contributed by atoms with van der Waals surface area (Å²) in [6.45, 7) is 11.7. The number of amides is 1. The minimum atomic E-state index is -0.0567. The lowest BCUT2D eigenvalue weighted by Gasteiger charge is -2.40. The number of carbonyl (C=O) groups excluding carboxylic acids is 1. The second-order valence-electron chi connectivity index (χ2n) is 5.91. The molecule has 0 saturated carbocycles. The number of hydrogen-bond acceptors (Lipinski definition) is 6. The predicted molar refractivity (Wildman–Crippen MR) is 88.5 cm³/mol. The highest BCUT2D eigenvalue weighted by atomic mass is 16.5. The summed E-state index contributed by atoms with van der Waals surface area (Å²) in [6.07, 6.45) is 1.07. The van der Waals surface area contributed by atoms with Gasteiger partial charge in [0.2, 0.25) is 11.8 Å². The fraction of sp³-hybridized carbons (Fsp3) is 0.750. The quantitative estimate of drug-likeness (QED) is 0.728. The van der Waals surface area contributed by atoms with Crippen LogP contribution in [0.3, 0.4) is 0 Å². The summed E-state index contributed by atoms with van der Waals surface area (Å²) < 4.78 is 10.5. The molecule has 130 valence electrons. The zero-order valence-electron chi connectivity index (χ0n) is 14.4. The monoisotopic (exact) mass is 324 g/mol. The summed E-state index contributed by atoms with van der Waals surface area (Å²) in [5.74, 6) is 0.355. The van der Waals surface area contributed by atoms with Crippen LogP contribution < -0.4 is 5.32 Å². The fourth-order valence-electron chi connectivity index (χ4n) is 2.91. The summed E-state index contributed by atoms with van der Waals surface area (Å²) in [5, 5.41) is 6.52. The maximum absolute atomic E-state index is 12.1. The van der Waals surface area contributed by atoms with Crippen LogP contribution in [0.5, 0.6) is 0 Å². The minimum Gasteiger partial charge on any atom is -0.380 e. The molecule has 1 amide bonds. The summed E-state index contributed by atoms with van der Waals surface area (Å²) in [7, 11) is 0. The number of aryl methyl sites for hydroxylation is 1. The molecule has 1 fully saturated rings. The number of aromatic nitrogens is 1. The van der Waals surface area contributed by atoms with Crippen molar-refractivity contribution in [2.45, 2.75) is 33.2 Å². The standard InChI is InChI=1S/C16H28N4O3/c1-4-14-11-19(6-7-20(14)8-9-22-5-2)12-15(21)17-16-10-13(3)18-23-16/h10,14H,4-9,11-12H2,1-3H3,(H,17,21)/t14-/m1/s1. The van der Waals surface area contributed by atoms with Crippen molar-refractivity contribution in [3.05, 3.63) is 11.8 Å². The van der Waals surface area contributed by atoms with Crippen LogP contribution in [0, 0.1) is 6.92 Å². The first-order chi connectivity index (χ1) is 11.1. The average Bonchev–Trinajstić information content (AvgIpc) is 2.93. The van der Waals surface area contributed by atoms with E-state index in [4.69, 9.17) is 9.26 Å². The van der Waals surface area contributed by atoms with E-state index >= 15 is 0 Å². The van der Waals surface area contributed by atoms with Crippen molar-refractivity contribution in [3.63, 3.8) is 0 Å². The molecule has 2 heterocycles. The molecule has 1 aliphatic rings. The molecule has 7 heteroatoms. The third-order valence-electron chi connectivity index (χ3n) is 4.14. The molecule has 0 spiro atoms. The number of carbonyl (C=O) groups is 1. The van der Waals surface area contributed by atoms with Crippen molar-refractivity contribution in [3.8, 4) is 0 Å². The van der Waals surface area contributed by atoms with E-state index in [2.05, 4.69) is 27.2 Å². The van der Waals surface area contributed by atoms with Crippen LogP contribution in [0.1, 0.15) is 26.0 Å². The van der Waals surface area contributed by atoms with Crippen molar-refractivity contribution in [1.82, 2.24) is 15.0 Å². The molecule has 7 nitrogen and oxygen atoms in total. The smallest absolute Gasteiger partial charge is 0.240 e. The highest BCUT2D eigenvalue weighted by molar-refractivity contribution is 5.90. The Hall–Kier alpha value is -1.44. The first-order valence-electron chi connectivity index (χ1n) is 8.39. The minimum absolute atomic E-state index is 0.0567. The number of ether oxygens (including phenoxy) is 1. The van der Waals surface area contributed by atoms with Gasteiger partial charge >= 0.3 is 0 Å². The van der Waals surface area contributed by atoms with Crippen LogP contribution in [-0.4, -0.2) is 72.8 Å². The lowest BCUT2D eigenvalue weighted by Crippen LogP contribution is -2.54. The Balaban J connectivity index is 1.77. The molecular weight excluding hydrogens is 296 g/mol. The van der Waals surface area contributed by atoms with Crippen LogP contribution in [0.15, 0.2) is 10.6 Å². The van der Waals surface area contributed by atoms with Crippen molar-refractivity contribution >= 4 is 11.8 Å². The molecule has 1 N–H and O–H groups in total. The second-order valence-corrected chi connectivity index (χ2v) is 5.91. The molecule has 1 saturated heterocycles. The van der Waals surface area contributed by atoms with Crippen molar-refractivity contribution in [2.75, 3.05) is 51.3 Å². The lowest BCUT2D eigenvalue weighted by atomic mass is 10.1. The Morgan fingerprint density at radius 2 is 2.30 bits per heavy atom. The van der Waals surface area contributed by atoms with Gasteiger partial charge in [-0.2, -0.15) is 0 Å². The third kappa shape index (κ3) is 5.60. The highest BCUT2D eigenvalue weighted by Gasteiger charge is 2.26. The van der Waals surface area contributed by atoms with Gasteiger partial charge in [-0.1, -0.05) is 12.1 Å². The predicted octanol–water partition coefficient (Wildman–Crippen LogP) is 1.35. The molecule has 1 atom stereocenters. The van der Waals surface area contributed by atoms with E-state index in [1.165, 1.54) is 0 Å². The largest absolute Gasteiger partial charge is 0.380 e. The van der Waals surface area contributed by atoms with Gasteiger partial charge in [-0.25, -0.2) is 0 Å². The van der Waals surface area contributed by atoms with Gasteiger partial charge in [0.1, 0.15) is 0 Å². The molecule has 1 aromatic rings. The van der Waals surface area contributed by atoms with E-state index in [1.807, 2.05) is 13.8 Å². The third-order valence-corrected chi connectivity index (χ3v) is 4.14. The number of nitrogens with zero attached hydrogens (tertiary/aromatic N) is 3. The topological polar surface area (TPSA) is 70.8 Å². The zero-order valence-corrected chi connectivity index (χ0v) is 14.4. The second kappa shape index (κ2) is 9.00. The van der Waals surface area contributed by atoms with Gasteiger partial charge in [0, 0.05) is 44.9 Å². The molecule has 0 unspecified atom stereocenters. The van der Waals surface area contributed by atoms with Gasteiger partial charge in [-0.05, 0) is 20.3 Å². The normalized spacial score (nSPS) is 19.9. The van der Waals surface area contributed by atoms with Crippen molar-refractivity contribution < 1.29 is 14.1 Å². The maximum atomic E-state index is 12.1. The fourth-order valence-corrected chi connectivity index (χ4v) is 2.91. The van der Waals surface area contributed by atoms with Gasteiger partial charge in [0.25, 0.3) is 0 Å². The van der Waals surface area contributed by atoms with Crippen LogP contribution >= 0.6 is 0 Å². The maximum Gasteiger partial charge on any atom is 0.240 e. The van der Waals surface area contributed by atoms with Crippen LogP contribution in [0.4, 0.5) is 5.88 Å². The number of rotatable bonds is 8. The summed E-state index contributed by atoms with van der Waals surface area (Å²) >= 11 is 0. The van der Waals surface area contributed by atoms with Gasteiger partial charge < -0.3 is 9.26 Å². The summed E-state index contributed by atoms with van der Waals surface area (Å²) in [6, 6.07) is 2.20. The van der Waals surface area contributed by atoms with E-state index < -0.39 is 0 Å². The van der Waals surface area contributed by atoms with E-state index in [9.17, 15) is 4.79 Å². The van der Waals surface area contributed by atoms with Crippen LogP contribution in [0.2, 0.25) is 0 Å². The molecule has 1 aromatic heterocycles. The first-order valence-corrected chi connectivity index (χ1v) is 8.39. The Morgan fingerprint density at radius 1 is 1.48 bits per heavy atom. The molecule has 0 bridgehead atoms. The number of nitrogens with one attached hydrogen (secondary N) is 1. The van der Waals surface area contributed by atoms with Crippen molar-refractivity contribution in [1.29, 1.82) is 0 Å². The van der Waals surface area contributed by atoms with Crippen LogP contribution in [0.25, 0.3) is 0 Å². The molecule has 0 aromatic carbocycles. The van der Waals surface area contributed by atoms with E-state index in [0.717, 1.165) is 51.5 Å². The highest BCUT2D eigenvalue weighted by Crippen LogP contribution is 2.13. The summed E-state index contributed by atoms with van der Waals surface area (Å²) in [5.41, 5.74) is 0.759. The zero-order chi connectivity index (χ0) is 16.7. The average molecular weight is 324 g/mol. The Kier molecular flexibility index (Phi) is 7.01. The van der Waals surface area contributed by atoms with Gasteiger partial charge in [-0.15, -0.1) is 0 Å². The molecule has 0 radical (unpaired) electrons. The number of anilines is 1.